The Kier molecular flexibility index (Phi) is 6.93. The molecule has 1 aliphatic rings. The Bertz CT molecular complexity index is 948. The number of hydrogen-bond acceptors (Lipinski definition) is 4. The molecule has 3 rings (SSSR count). The summed E-state index contributed by atoms with van der Waals surface area (Å²) in [5.74, 6) is -0.216. The van der Waals surface area contributed by atoms with Gasteiger partial charge in [0.2, 0.25) is 15.9 Å². The zero-order valence-corrected chi connectivity index (χ0v) is 17.4. The zero-order chi connectivity index (χ0) is 20.0. The van der Waals surface area contributed by atoms with Crippen LogP contribution in [0.3, 0.4) is 0 Å². The van der Waals surface area contributed by atoms with Gasteiger partial charge < -0.3 is 5.32 Å². The monoisotopic (exact) mass is 416 g/mol. The number of para-hydroxylation sites is 1. The smallest absolute Gasteiger partial charge is 0.248 e. The highest BCUT2D eigenvalue weighted by molar-refractivity contribution is 8.00. The Morgan fingerprint density at radius 1 is 1.07 bits per heavy atom. The maximum Gasteiger partial charge on any atom is 0.248 e. The molecule has 1 fully saturated rings. The summed E-state index contributed by atoms with van der Waals surface area (Å²) in [4.78, 5) is 13.6. The lowest BCUT2D eigenvalue weighted by Crippen LogP contribution is -2.18. The molecule has 1 amide bonds. The number of nitrogens with one attached hydrogen (secondary N) is 2. The van der Waals surface area contributed by atoms with Crippen LogP contribution in [0.25, 0.3) is 6.08 Å². The van der Waals surface area contributed by atoms with Gasteiger partial charge >= 0.3 is 0 Å². The molecule has 0 heterocycles. The lowest BCUT2D eigenvalue weighted by Gasteiger charge is -2.13. The van der Waals surface area contributed by atoms with Gasteiger partial charge in [-0.3, -0.25) is 4.79 Å². The quantitative estimate of drug-likeness (QED) is 0.661. The van der Waals surface area contributed by atoms with Gasteiger partial charge in [0, 0.05) is 16.2 Å². The van der Waals surface area contributed by atoms with Gasteiger partial charge in [0.1, 0.15) is 0 Å². The Balaban J connectivity index is 1.64. The minimum Gasteiger partial charge on any atom is -0.321 e. The van der Waals surface area contributed by atoms with E-state index in [2.05, 4.69) is 10.0 Å². The van der Waals surface area contributed by atoms with E-state index in [9.17, 15) is 13.2 Å². The summed E-state index contributed by atoms with van der Waals surface area (Å²) in [6, 6.07) is 14.2. The van der Waals surface area contributed by atoms with E-state index in [-0.39, 0.29) is 10.8 Å². The number of carbonyl (C=O) groups is 1. The van der Waals surface area contributed by atoms with Crippen LogP contribution in [0.1, 0.15) is 31.2 Å². The van der Waals surface area contributed by atoms with E-state index in [1.165, 1.54) is 50.9 Å². The molecule has 0 unspecified atom stereocenters. The molecule has 7 heteroatoms. The molecule has 0 atom stereocenters. The van der Waals surface area contributed by atoms with Crippen molar-refractivity contribution in [3.63, 3.8) is 0 Å². The highest BCUT2D eigenvalue weighted by Crippen LogP contribution is 2.37. The number of benzene rings is 2. The Morgan fingerprint density at radius 2 is 1.75 bits per heavy atom. The molecule has 2 aromatic rings. The second-order valence-electron chi connectivity index (χ2n) is 6.62. The molecule has 0 aromatic heterocycles. The van der Waals surface area contributed by atoms with Crippen LogP contribution in [0.15, 0.2) is 64.4 Å². The number of thioether (sulfide) groups is 1. The van der Waals surface area contributed by atoms with Crippen LogP contribution >= 0.6 is 11.8 Å². The van der Waals surface area contributed by atoms with Crippen LogP contribution in [0.4, 0.5) is 5.69 Å². The first-order valence-corrected chi connectivity index (χ1v) is 11.6. The lowest BCUT2D eigenvalue weighted by atomic mass is 10.2. The van der Waals surface area contributed by atoms with E-state index in [0.29, 0.717) is 5.25 Å². The summed E-state index contributed by atoms with van der Waals surface area (Å²) in [6.07, 6.45) is 8.14. The molecule has 1 aliphatic carbocycles. The summed E-state index contributed by atoms with van der Waals surface area (Å²) in [5, 5.41) is 3.57. The average molecular weight is 417 g/mol. The van der Waals surface area contributed by atoms with Crippen molar-refractivity contribution in [3.8, 4) is 0 Å². The Morgan fingerprint density at radius 3 is 2.43 bits per heavy atom. The molecule has 0 spiro atoms. The number of rotatable bonds is 7. The van der Waals surface area contributed by atoms with E-state index >= 15 is 0 Å². The van der Waals surface area contributed by atoms with Crippen molar-refractivity contribution in [3.05, 3.63) is 60.2 Å². The van der Waals surface area contributed by atoms with Crippen LogP contribution in [-0.2, 0) is 14.8 Å². The maximum absolute atomic E-state index is 12.3. The van der Waals surface area contributed by atoms with Gasteiger partial charge in [-0.25, -0.2) is 13.1 Å². The fourth-order valence-corrected chi connectivity index (χ4v) is 5.14. The number of anilines is 1. The maximum atomic E-state index is 12.3. The number of carbonyl (C=O) groups excluding carboxylic acids is 1. The zero-order valence-electron chi connectivity index (χ0n) is 15.7. The van der Waals surface area contributed by atoms with Gasteiger partial charge in [0.25, 0.3) is 0 Å². The minimum atomic E-state index is -3.46. The molecule has 2 N–H and O–H groups in total. The average Bonchev–Trinajstić information content (AvgIpc) is 3.21. The van der Waals surface area contributed by atoms with Crippen molar-refractivity contribution < 1.29 is 13.2 Å². The van der Waals surface area contributed by atoms with Gasteiger partial charge in [-0.2, -0.15) is 0 Å². The summed E-state index contributed by atoms with van der Waals surface area (Å²) in [7, 11) is -2.09. The van der Waals surface area contributed by atoms with Crippen molar-refractivity contribution in [1.29, 1.82) is 0 Å². The first-order chi connectivity index (χ1) is 13.5. The molecule has 0 radical (unpaired) electrons. The van der Waals surface area contributed by atoms with Crippen molar-refractivity contribution in [1.82, 2.24) is 4.72 Å². The molecule has 148 valence electrons. The molecular formula is C21H24N2O3S2. The normalized spacial score (nSPS) is 15.2. The molecule has 28 heavy (non-hydrogen) atoms. The Hall–Kier alpha value is -2.09. The minimum absolute atomic E-state index is 0.189. The predicted molar refractivity (Wildman–Crippen MR) is 115 cm³/mol. The van der Waals surface area contributed by atoms with Crippen molar-refractivity contribution in [2.24, 2.45) is 0 Å². The van der Waals surface area contributed by atoms with Crippen LogP contribution < -0.4 is 10.0 Å². The van der Waals surface area contributed by atoms with Crippen LogP contribution in [0, 0.1) is 0 Å². The molecule has 5 nitrogen and oxygen atoms in total. The van der Waals surface area contributed by atoms with Crippen LogP contribution in [0.5, 0.6) is 0 Å². The predicted octanol–water partition coefficient (Wildman–Crippen LogP) is 4.28. The standard InChI is InChI=1S/C21H24N2O3S2/c1-22-28(25,26)18-13-10-16(11-14-18)12-15-21(24)23-19-8-4-5-9-20(19)27-17-6-2-3-7-17/h4-5,8-15,17,22H,2-3,6-7H2,1H3,(H,23,24)/b15-12+. The van der Waals surface area contributed by atoms with Crippen LogP contribution in [-0.4, -0.2) is 26.6 Å². The third-order valence-electron chi connectivity index (χ3n) is 4.63. The van der Waals surface area contributed by atoms with E-state index in [4.69, 9.17) is 0 Å². The van der Waals surface area contributed by atoms with E-state index in [1.54, 1.807) is 18.2 Å². The molecule has 1 saturated carbocycles. The second kappa shape index (κ2) is 9.41. The summed E-state index contributed by atoms with van der Waals surface area (Å²) in [5.41, 5.74) is 1.57. The molecule has 0 saturated heterocycles. The van der Waals surface area contributed by atoms with Gasteiger partial charge in [-0.1, -0.05) is 37.1 Å². The molecule has 2 aromatic carbocycles. The van der Waals surface area contributed by atoms with Crippen molar-refractivity contribution >= 4 is 39.5 Å². The highest BCUT2D eigenvalue weighted by Gasteiger charge is 2.17. The van der Waals surface area contributed by atoms with Gasteiger partial charge in [0.05, 0.1) is 10.6 Å². The summed E-state index contributed by atoms with van der Waals surface area (Å²) in [6.45, 7) is 0. The number of hydrogen-bond donors (Lipinski definition) is 2. The van der Waals surface area contributed by atoms with Gasteiger partial charge in [0.15, 0.2) is 0 Å². The fraction of sp³-hybridized carbons (Fsp3) is 0.286. The topological polar surface area (TPSA) is 75.3 Å². The number of amides is 1. The third-order valence-corrected chi connectivity index (χ3v) is 7.47. The van der Waals surface area contributed by atoms with Gasteiger partial charge in [-0.15, -0.1) is 11.8 Å². The third kappa shape index (κ3) is 5.47. The SMILES string of the molecule is CNS(=O)(=O)c1ccc(/C=C/C(=O)Nc2ccccc2SC2CCCC2)cc1. The molecule has 0 aliphatic heterocycles. The Labute approximate surface area is 170 Å². The largest absolute Gasteiger partial charge is 0.321 e. The second-order valence-corrected chi connectivity index (χ2v) is 9.85. The van der Waals surface area contributed by atoms with Gasteiger partial charge in [-0.05, 0) is 55.8 Å². The number of sulfonamides is 1. The van der Waals surface area contributed by atoms with E-state index in [1.807, 2.05) is 36.0 Å². The molecule has 0 bridgehead atoms. The van der Waals surface area contributed by atoms with E-state index in [0.717, 1.165) is 16.1 Å². The lowest BCUT2D eigenvalue weighted by molar-refractivity contribution is -0.111. The summed E-state index contributed by atoms with van der Waals surface area (Å²) < 4.78 is 25.8. The first-order valence-electron chi connectivity index (χ1n) is 9.26. The fourth-order valence-electron chi connectivity index (χ4n) is 3.08. The van der Waals surface area contributed by atoms with Crippen LogP contribution in [0.2, 0.25) is 0 Å². The van der Waals surface area contributed by atoms with Crippen molar-refractivity contribution in [2.75, 3.05) is 12.4 Å². The molecular weight excluding hydrogens is 392 g/mol. The van der Waals surface area contributed by atoms with Crippen molar-refractivity contribution in [2.45, 2.75) is 40.7 Å². The highest BCUT2D eigenvalue weighted by atomic mass is 32.2. The van der Waals surface area contributed by atoms with E-state index < -0.39 is 10.0 Å². The first kappa shape index (κ1) is 20.6. The summed E-state index contributed by atoms with van der Waals surface area (Å²) >= 11 is 1.84.